The molecule has 0 N–H and O–H groups in total. The van der Waals surface area contributed by atoms with Gasteiger partial charge in [0.2, 0.25) is 0 Å². The standard InChI is InChI=1S/2C15H21N3.C15H24N2/c1-11(9-17)13-5-6-15(12(2)10-18)14(8-13)4-3-7-16;1-11(9-17)14-6-5-13(4-3-7-16)8-15(14)12(2)10-18;1-10(2)15-7-13(11(3)8-16)5-6-14(15)12(4)9-17/h2*11-15H,3-6,8H2,1-2H3;10-15H,5-7H2,1-4H3. The third-order valence-corrected chi connectivity index (χ3v) is 13.5. The minimum Gasteiger partial charge on any atom is -0.198 e. The van der Waals surface area contributed by atoms with E-state index < -0.39 is 0 Å². The van der Waals surface area contributed by atoms with Crippen LogP contribution < -0.4 is 0 Å². The quantitative estimate of drug-likeness (QED) is 0.201. The van der Waals surface area contributed by atoms with Crippen molar-refractivity contribution in [2.24, 2.45) is 94.7 Å². The first-order valence-electron chi connectivity index (χ1n) is 20.4. The Bertz CT molecular complexity index is 1430. The molecule has 0 aromatic carbocycles. The van der Waals surface area contributed by atoms with E-state index in [4.69, 9.17) is 42.1 Å². The van der Waals surface area contributed by atoms with E-state index in [-0.39, 0.29) is 35.5 Å². The molecule has 8 nitrogen and oxygen atoms in total. The molecule has 0 aliphatic heterocycles. The highest BCUT2D eigenvalue weighted by Crippen LogP contribution is 2.45. The zero-order valence-electron chi connectivity index (χ0n) is 34.0. The Morgan fingerprint density at radius 3 is 1.26 bits per heavy atom. The van der Waals surface area contributed by atoms with Gasteiger partial charge in [-0.15, -0.1) is 0 Å². The highest BCUT2D eigenvalue weighted by atomic mass is 14.5. The lowest BCUT2D eigenvalue weighted by Crippen LogP contribution is -2.34. The van der Waals surface area contributed by atoms with E-state index in [0.29, 0.717) is 72.0 Å². The number of rotatable bonds is 11. The van der Waals surface area contributed by atoms with Crippen molar-refractivity contribution in [2.45, 2.75) is 139 Å². The van der Waals surface area contributed by atoms with Crippen LogP contribution in [0.3, 0.4) is 0 Å². The molecule has 3 aliphatic rings. The predicted molar refractivity (Wildman–Crippen MR) is 206 cm³/mol. The summed E-state index contributed by atoms with van der Waals surface area (Å²) in [6.45, 7) is 16.5. The average molecular weight is 719 g/mol. The van der Waals surface area contributed by atoms with Crippen molar-refractivity contribution in [1.82, 2.24) is 0 Å². The van der Waals surface area contributed by atoms with Crippen LogP contribution in [0.1, 0.15) is 139 Å². The fraction of sp³-hybridized carbons (Fsp3) is 0.822. The monoisotopic (exact) mass is 719 g/mol. The van der Waals surface area contributed by atoms with Crippen LogP contribution in [-0.4, -0.2) is 0 Å². The van der Waals surface area contributed by atoms with Crippen LogP contribution in [0.4, 0.5) is 0 Å². The van der Waals surface area contributed by atoms with E-state index in [1.165, 1.54) is 0 Å². The summed E-state index contributed by atoms with van der Waals surface area (Å²) in [5.41, 5.74) is 0. The number of hydrogen-bond acceptors (Lipinski definition) is 8. The molecule has 0 aromatic rings. The van der Waals surface area contributed by atoms with Gasteiger partial charge in [-0.25, -0.2) is 0 Å². The van der Waals surface area contributed by atoms with E-state index in [2.05, 4.69) is 62.4 Å². The first-order chi connectivity index (χ1) is 25.3. The minimum absolute atomic E-state index is 0.00989. The molecule has 0 saturated heterocycles. The molecule has 3 aliphatic carbocycles. The second-order valence-electron chi connectivity index (χ2n) is 17.0. The van der Waals surface area contributed by atoms with Crippen LogP contribution in [0.15, 0.2) is 0 Å². The van der Waals surface area contributed by atoms with Crippen molar-refractivity contribution in [3.05, 3.63) is 0 Å². The molecule has 53 heavy (non-hydrogen) atoms. The van der Waals surface area contributed by atoms with E-state index in [1.54, 1.807) is 0 Å². The zero-order chi connectivity index (χ0) is 40.1. The molecule has 286 valence electrons. The molecule has 8 heteroatoms. The van der Waals surface area contributed by atoms with E-state index >= 15 is 0 Å². The van der Waals surface area contributed by atoms with Gasteiger partial charge in [0.25, 0.3) is 0 Å². The van der Waals surface area contributed by atoms with Gasteiger partial charge < -0.3 is 0 Å². The molecule has 15 unspecified atom stereocenters. The summed E-state index contributed by atoms with van der Waals surface area (Å²) in [6, 6.07) is 18.6. The van der Waals surface area contributed by atoms with Crippen LogP contribution in [0, 0.1) is 185 Å². The average Bonchev–Trinajstić information content (AvgIpc) is 3.20. The van der Waals surface area contributed by atoms with Gasteiger partial charge in [0.1, 0.15) is 0 Å². The fourth-order valence-electron chi connectivity index (χ4n) is 9.76. The molecule has 15 atom stereocenters. The van der Waals surface area contributed by atoms with Gasteiger partial charge >= 0.3 is 0 Å². The van der Waals surface area contributed by atoms with Gasteiger partial charge in [-0.1, -0.05) is 20.3 Å². The molecule has 0 aromatic heterocycles. The Kier molecular flexibility index (Phi) is 22.2. The van der Waals surface area contributed by atoms with Gasteiger partial charge in [0.15, 0.2) is 0 Å². The lowest BCUT2D eigenvalue weighted by Gasteiger charge is -2.40. The van der Waals surface area contributed by atoms with Crippen molar-refractivity contribution in [1.29, 1.82) is 42.1 Å². The van der Waals surface area contributed by atoms with E-state index in [1.807, 2.05) is 41.5 Å². The Morgan fingerprint density at radius 1 is 0.396 bits per heavy atom. The largest absolute Gasteiger partial charge is 0.198 e. The first kappa shape index (κ1) is 46.9. The Morgan fingerprint density at radius 2 is 0.792 bits per heavy atom. The SMILES string of the molecule is CC(C#N)C1CCC(C(C)C#N)C(CCC#N)C1.CC(C#N)C1CCC(CCC#N)CC1C(C)C#N.CC(C)C1CC(C(C)C#N)CCC1C(C)C#N. The number of nitrogens with zero attached hydrogens (tertiary/aromatic N) is 8. The third-order valence-electron chi connectivity index (χ3n) is 13.5. The first-order valence-corrected chi connectivity index (χ1v) is 20.4. The number of hydrogen-bond donors (Lipinski definition) is 0. The van der Waals surface area contributed by atoms with Crippen molar-refractivity contribution in [3.8, 4) is 48.6 Å². The summed E-state index contributed by atoms with van der Waals surface area (Å²) in [6.07, 6.45) is 12.6. The number of nitriles is 8. The van der Waals surface area contributed by atoms with Crippen LogP contribution in [-0.2, 0) is 0 Å². The molecule has 0 amide bonds. The van der Waals surface area contributed by atoms with Gasteiger partial charge in [0, 0.05) is 48.3 Å². The summed E-state index contributed by atoms with van der Waals surface area (Å²) in [5, 5.41) is 71.8. The minimum atomic E-state index is 0.00989. The van der Waals surface area contributed by atoms with Crippen LogP contribution in [0.25, 0.3) is 0 Å². The van der Waals surface area contributed by atoms with Crippen molar-refractivity contribution in [2.75, 3.05) is 0 Å². The second-order valence-corrected chi connectivity index (χ2v) is 17.0. The second kappa shape index (κ2) is 25.0. The molecular weight excluding hydrogens is 653 g/mol. The molecular formula is C45H66N8. The van der Waals surface area contributed by atoms with Gasteiger partial charge in [-0.2, -0.15) is 42.1 Å². The van der Waals surface area contributed by atoms with Crippen molar-refractivity contribution in [3.63, 3.8) is 0 Å². The topological polar surface area (TPSA) is 190 Å². The summed E-state index contributed by atoms with van der Waals surface area (Å²) >= 11 is 0. The van der Waals surface area contributed by atoms with Gasteiger partial charge in [-0.05, 0) is 165 Å². The predicted octanol–water partition coefficient (Wildman–Crippen LogP) is 11.3. The summed E-state index contributed by atoms with van der Waals surface area (Å²) in [7, 11) is 0. The van der Waals surface area contributed by atoms with Crippen LogP contribution in [0.2, 0.25) is 0 Å². The van der Waals surface area contributed by atoms with E-state index in [9.17, 15) is 0 Å². The van der Waals surface area contributed by atoms with Crippen molar-refractivity contribution >= 4 is 0 Å². The molecule has 3 fully saturated rings. The van der Waals surface area contributed by atoms with Crippen LogP contribution >= 0.6 is 0 Å². The smallest absolute Gasteiger partial charge is 0.0655 e. The third kappa shape index (κ3) is 14.7. The molecule has 0 spiro atoms. The normalized spacial score (nSPS) is 31.2. The highest BCUT2D eigenvalue weighted by molar-refractivity contribution is 4.99. The molecule has 0 heterocycles. The molecule has 3 rings (SSSR count). The van der Waals surface area contributed by atoms with E-state index in [0.717, 1.165) is 70.6 Å². The van der Waals surface area contributed by atoms with Gasteiger partial charge in [-0.3, -0.25) is 0 Å². The maximum atomic E-state index is 9.14. The highest BCUT2D eigenvalue weighted by Gasteiger charge is 2.38. The van der Waals surface area contributed by atoms with Crippen LogP contribution in [0.5, 0.6) is 0 Å². The Hall–Kier alpha value is -4.08. The molecule has 0 radical (unpaired) electrons. The molecule has 0 bridgehead atoms. The Labute approximate surface area is 323 Å². The molecule has 3 saturated carbocycles. The van der Waals surface area contributed by atoms with Gasteiger partial charge in [0.05, 0.1) is 48.6 Å². The summed E-state index contributed by atoms with van der Waals surface area (Å²) in [5.74, 6) is 5.33. The lowest BCUT2D eigenvalue weighted by molar-refractivity contribution is 0.0973. The zero-order valence-corrected chi connectivity index (χ0v) is 34.0. The maximum Gasteiger partial charge on any atom is 0.0655 e. The lowest BCUT2D eigenvalue weighted by atomic mass is 9.64. The Balaban J connectivity index is 0.000000398. The fourth-order valence-corrected chi connectivity index (χ4v) is 9.76. The van der Waals surface area contributed by atoms with Crippen molar-refractivity contribution < 1.29 is 0 Å². The maximum absolute atomic E-state index is 9.14. The summed E-state index contributed by atoms with van der Waals surface area (Å²) < 4.78 is 0. The summed E-state index contributed by atoms with van der Waals surface area (Å²) in [4.78, 5) is 0.